The van der Waals surface area contributed by atoms with Crippen molar-refractivity contribution in [2.24, 2.45) is 0 Å². The number of carboxylic acids is 1. The van der Waals surface area contributed by atoms with Crippen LogP contribution in [0.2, 0.25) is 0 Å². The Morgan fingerprint density at radius 1 is 1.36 bits per heavy atom. The Morgan fingerprint density at radius 2 is 2.16 bits per heavy atom. The number of aromatic amines is 1. The molecule has 0 saturated carbocycles. The van der Waals surface area contributed by atoms with Crippen molar-refractivity contribution in [1.29, 1.82) is 0 Å². The molecule has 1 aromatic carbocycles. The quantitative estimate of drug-likeness (QED) is 0.809. The summed E-state index contributed by atoms with van der Waals surface area (Å²) in [6.07, 6.45) is 4.49. The number of hydrogen-bond acceptors (Lipinski definition) is 3. The summed E-state index contributed by atoms with van der Waals surface area (Å²) in [5, 5.41) is 10.2. The first-order chi connectivity index (χ1) is 12.1. The second-order valence-corrected chi connectivity index (χ2v) is 6.60. The highest BCUT2D eigenvalue weighted by Crippen LogP contribution is 2.25. The number of para-hydroxylation sites is 1. The average molecular weight is 344 g/mol. The predicted octanol–water partition coefficient (Wildman–Crippen LogP) is 2.58. The smallest absolute Gasteiger partial charge is 0.305 e. The molecule has 2 N–H and O–H groups in total. The number of aromatic nitrogens is 1. The molecule has 2 atom stereocenters. The largest absolute Gasteiger partial charge is 0.481 e. The van der Waals surface area contributed by atoms with Gasteiger partial charge in [0.25, 0.3) is 0 Å². The predicted molar refractivity (Wildman–Crippen MR) is 94.4 cm³/mol. The molecule has 0 aliphatic carbocycles. The molecule has 2 aromatic rings. The van der Waals surface area contributed by atoms with E-state index >= 15 is 0 Å². The van der Waals surface area contributed by atoms with E-state index in [4.69, 9.17) is 9.84 Å². The number of benzene rings is 1. The third kappa shape index (κ3) is 4.02. The lowest BCUT2D eigenvalue weighted by Crippen LogP contribution is -2.37. The van der Waals surface area contributed by atoms with Crippen LogP contribution < -0.4 is 0 Å². The number of nitrogens with one attached hydrogen (secondary N) is 1. The van der Waals surface area contributed by atoms with Gasteiger partial charge in [-0.05, 0) is 30.9 Å². The zero-order valence-electron chi connectivity index (χ0n) is 14.4. The monoisotopic (exact) mass is 344 g/mol. The minimum Gasteiger partial charge on any atom is -0.481 e. The number of aliphatic carboxylic acids is 1. The molecule has 1 aliphatic heterocycles. The van der Waals surface area contributed by atoms with Gasteiger partial charge in [-0.3, -0.25) is 9.59 Å². The number of ether oxygens (including phenoxy) is 1. The Morgan fingerprint density at radius 3 is 2.92 bits per heavy atom. The molecule has 2 unspecified atom stereocenters. The van der Waals surface area contributed by atoms with Gasteiger partial charge in [-0.15, -0.1) is 0 Å². The van der Waals surface area contributed by atoms with E-state index in [1.807, 2.05) is 24.4 Å². The molecule has 25 heavy (non-hydrogen) atoms. The molecule has 0 spiro atoms. The number of aryl methyl sites for hydroxylation is 1. The third-order valence-electron chi connectivity index (χ3n) is 4.95. The summed E-state index contributed by atoms with van der Waals surface area (Å²) in [7, 11) is 1.60. The SMILES string of the molecule is COC1CC(CC(=O)O)N(C(=O)CCCc2c[nH]c3ccccc23)C1. The van der Waals surface area contributed by atoms with Crippen LogP contribution in [-0.4, -0.2) is 52.7 Å². The van der Waals surface area contributed by atoms with Crippen LogP contribution in [-0.2, 0) is 20.7 Å². The molecule has 1 aromatic heterocycles. The molecule has 6 nitrogen and oxygen atoms in total. The maximum Gasteiger partial charge on any atom is 0.305 e. The van der Waals surface area contributed by atoms with E-state index in [-0.39, 0.29) is 24.5 Å². The standard InChI is InChI=1S/C19H24N2O4/c1-25-15-9-14(10-19(23)24)21(12-15)18(22)8-4-5-13-11-20-17-7-3-2-6-16(13)17/h2-3,6-7,11,14-15,20H,4-5,8-10,12H2,1H3,(H,23,24). The average Bonchev–Trinajstić information content (AvgIpc) is 3.18. The van der Waals surface area contributed by atoms with Crippen molar-refractivity contribution < 1.29 is 19.4 Å². The van der Waals surface area contributed by atoms with Crippen LogP contribution in [0.1, 0.15) is 31.2 Å². The van der Waals surface area contributed by atoms with Crippen LogP contribution in [0.3, 0.4) is 0 Å². The maximum atomic E-state index is 12.6. The summed E-state index contributed by atoms with van der Waals surface area (Å²) in [6, 6.07) is 7.86. The Kier molecular flexibility index (Phi) is 5.38. The molecule has 1 saturated heterocycles. The number of fused-ring (bicyclic) bond motifs is 1. The fourth-order valence-corrected chi connectivity index (χ4v) is 3.66. The van der Waals surface area contributed by atoms with Crippen molar-refractivity contribution in [1.82, 2.24) is 9.88 Å². The zero-order valence-corrected chi connectivity index (χ0v) is 14.4. The van der Waals surface area contributed by atoms with Gasteiger partial charge >= 0.3 is 5.97 Å². The van der Waals surface area contributed by atoms with Crippen LogP contribution in [0.25, 0.3) is 10.9 Å². The molecule has 0 bridgehead atoms. The fourth-order valence-electron chi connectivity index (χ4n) is 3.66. The molecule has 1 amide bonds. The lowest BCUT2D eigenvalue weighted by Gasteiger charge is -2.23. The van der Waals surface area contributed by atoms with Gasteiger partial charge < -0.3 is 19.7 Å². The van der Waals surface area contributed by atoms with Gasteiger partial charge in [0, 0.05) is 43.2 Å². The molecule has 6 heteroatoms. The zero-order chi connectivity index (χ0) is 17.8. The molecular formula is C19H24N2O4. The summed E-state index contributed by atoms with van der Waals surface area (Å²) >= 11 is 0. The first-order valence-electron chi connectivity index (χ1n) is 8.67. The summed E-state index contributed by atoms with van der Waals surface area (Å²) < 4.78 is 5.32. The highest BCUT2D eigenvalue weighted by atomic mass is 16.5. The first-order valence-corrected chi connectivity index (χ1v) is 8.67. The minimum absolute atomic E-state index is 0.0191. The van der Waals surface area contributed by atoms with Gasteiger partial charge in [-0.1, -0.05) is 18.2 Å². The second-order valence-electron chi connectivity index (χ2n) is 6.60. The lowest BCUT2D eigenvalue weighted by atomic mass is 10.1. The van der Waals surface area contributed by atoms with Gasteiger partial charge in [-0.2, -0.15) is 0 Å². The summed E-state index contributed by atoms with van der Waals surface area (Å²) in [4.78, 5) is 28.5. The number of amides is 1. The molecule has 1 fully saturated rings. The second kappa shape index (κ2) is 7.70. The number of rotatable bonds is 7. The number of carbonyl (C=O) groups is 2. The lowest BCUT2D eigenvalue weighted by molar-refractivity contribution is -0.139. The number of carbonyl (C=O) groups excluding carboxylic acids is 1. The molecule has 134 valence electrons. The number of carboxylic acid groups (broad SMARTS) is 1. The third-order valence-corrected chi connectivity index (χ3v) is 4.95. The first kappa shape index (κ1) is 17.5. The molecule has 3 rings (SSSR count). The Labute approximate surface area is 146 Å². The van der Waals surface area contributed by atoms with Crippen molar-refractivity contribution in [2.75, 3.05) is 13.7 Å². The molecular weight excluding hydrogens is 320 g/mol. The van der Waals surface area contributed by atoms with Crippen LogP contribution in [0.15, 0.2) is 30.5 Å². The van der Waals surface area contributed by atoms with E-state index in [2.05, 4.69) is 11.1 Å². The Balaban J connectivity index is 1.57. The number of nitrogens with zero attached hydrogens (tertiary/aromatic N) is 1. The molecule has 0 radical (unpaired) electrons. The van der Waals surface area contributed by atoms with Gasteiger partial charge in [-0.25, -0.2) is 0 Å². The Hall–Kier alpha value is -2.34. The van der Waals surface area contributed by atoms with Crippen molar-refractivity contribution in [3.05, 3.63) is 36.0 Å². The van der Waals surface area contributed by atoms with E-state index in [9.17, 15) is 9.59 Å². The van der Waals surface area contributed by atoms with E-state index in [1.165, 1.54) is 10.9 Å². The van der Waals surface area contributed by atoms with Gasteiger partial charge in [0.1, 0.15) is 0 Å². The van der Waals surface area contributed by atoms with Crippen LogP contribution in [0, 0.1) is 0 Å². The topological polar surface area (TPSA) is 82.6 Å². The maximum absolute atomic E-state index is 12.6. The highest BCUT2D eigenvalue weighted by molar-refractivity contribution is 5.83. The van der Waals surface area contributed by atoms with Crippen molar-refractivity contribution in [2.45, 2.75) is 44.2 Å². The van der Waals surface area contributed by atoms with E-state index in [0.717, 1.165) is 18.4 Å². The van der Waals surface area contributed by atoms with Gasteiger partial charge in [0.05, 0.1) is 12.5 Å². The van der Waals surface area contributed by atoms with Crippen molar-refractivity contribution >= 4 is 22.8 Å². The van der Waals surface area contributed by atoms with Crippen LogP contribution >= 0.6 is 0 Å². The highest BCUT2D eigenvalue weighted by Gasteiger charge is 2.36. The Bertz CT molecular complexity index is 755. The molecule has 1 aliphatic rings. The summed E-state index contributed by atoms with van der Waals surface area (Å²) in [5.74, 6) is -0.857. The minimum atomic E-state index is -0.877. The normalized spacial score (nSPS) is 20.3. The fraction of sp³-hybridized carbons (Fsp3) is 0.474. The van der Waals surface area contributed by atoms with Crippen LogP contribution in [0.4, 0.5) is 0 Å². The van der Waals surface area contributed by atoms with E-state index < -0.39 is 5.97 Å². The van der Waals surface area contributed by atoms with Crippen LogP contribution in [0.5, 0.6) is 0 Å². The van der Waals surface area contributed by atoms with Gasteiger partial charge in [0.2, 0.25) is 5.91 Å². The van der Waals surface area contributed by atoms with Crippen molar-refractivity contribution in [3.63, 3.8) is 0 Å². The van der Waals surface area contributed by atoms with Crippen molar-refractivity contribution in [3.8, 4) is 0 Å². The number of H-pyrrole nitrogens is 1. The number of methoxy groups -OCH3 is 1. The number of likely N-dealkylation sites (tertiary alicyclic amines) is 1. The van der Waals surface area contributed by atoms with E-state index in [0.29, 0.717) is 19.4 Å². The number of hydrogen-bond donors (Lipinski definition) is 2. The summed E-state index contributed by atoms with van der Waals surface area (Å²) in [6.45, 7) is 0.486. The van der Waals surface area contributed by atoms with Gasteiger partial charge in [0.15, 0.2) is 0 Å². The molecule has 2 heterocycles. The van der Waals surface area contributed by atoms with E-state index in [1.54, 1.807) is 12.0 Å². The summed E-state index contributed by atoms with van der Waals surface area (Å²) in [5.41, 5.74) is 2.31.